The van der Waals surface area contributed by atoms with Gasteiger partial charge in [-0.05, 0) is 114 Å². The number of fused-ring (bicyclic) bond motifs is 3. The van der Waals surface area contributed by atoms with E-state index in [-0.39, 0.29) is 0 Å². The van der Waals surface area contributed by atoms with E-state index in [1.165, 1.54) is 76.8 Å². The molecule has 0 aliphatic carbocycles. The second kappa shape index (κ2) is 14.0. The zero-order valence-electron chi connectivity index (χ0n) is 30.3. The van der Waals surface area contributed by atoms with Gasteiger partial charge in [0.15, 0.2) is 0 Å². The van der Waals surface area contributed by atoms with Crippen LogP contribution in [0.3, 0.4) is 0 Å². The summed E-state index contributed by atoms with van der Waals surface area (Å²) in [5.41, 5.74) is 12.8. The first-order chi connectivity index (χ1) is 27.2. The summed E-state index contributed by atoms with van der Waals surface area (Å²) < 4.78 is 0. The van der Waals surface area contributed by atoms with E-state index in [0.29, 0.717) is 0 Å². The third kappa shape index (κ3) is 6.22. The van der Waals surface area contributed by atoms with Crippen molar-refractivity contribution < 1.29 is 0 Å². The van der Waals surface area contributed by atoms with Gasteiger partial charge in [0.2, 0.25) is 0 Å². The summed E-state index contributed by atoms with van der Waals surface area (Å²) in [6.45, 7) is 0. The Hall–Kier alpha value is -7.22. The minimum absolute atomic E-state index is 1.09. The molecule has 0 N–H and O–H groups in total. The lowest BCUT2D eigenvalue weighted by Gasteiger charge is -2.29. The largest absolute Gasteiger partial charge is 0.310 e. The van der Waals surface area contributed by atoms with Gasteiger partial charge in [-0.2, -0.15) is 0 Å². The number of hydrogen-bond donors (Lipinski definition) is 0. The average Bonchev–Trinajstić information content (AvgIpc) is 3.26. The van der Waals surface area contributed by atoms with E-state index in [0.717, 1.165) is 17.1 Å². The fourth-order valence-electron chi connectivity index (χ4n) is 8.02. The Bertz CT molecular complexity index is 2970. The molecule has 55 heavy (non-hydrogen) atoms. The summed E-state index contributed by atoms with van der Waals surface area (Å²) in [5.74, 6) is 0. The van der Waals surface area contributed by atoms with Gasteiger partial charge < -0.3 is 4.90 Å². The first-order valence-electron chi connectivity index (χ1n) is 18.9. The average molecular weight is 700 g/mol. The molecule has 0 bridgehead atoms. The van der Waals surface area contributed by atoms with Crippen molar-refractivity contribution in [3.63, 3.8) is 0 Å². The SMILES string of the molecule is c1ccc(-c2ccc(-c3cccc4ccccc34)cc2N(c2ccc(-c3ccc4ccccc4c3)cc2)c2cccc(-c3ccc4ccccc4c3)c2)cc1. The molecule has 0 aliphatic heterocycles. The topological polar surface area (TPSA) is 3.24 Å². The molecule has 0 amide bonds. The van der Waals surface area contributed by atoms with Gasteiger partial charge in [0.1, 0.15) is 0 Å². The monoisotopic (exact) mass is 699 g/mol. The van der Waals surface area contributed by atoms with Crippen molar-refractivity contribution in [2.45, 2.75) is 0 Å². The van der Waals surface area contributed by atoms with Crippen molar-refractivity contribution in [1.29, 1.82) is 0 Å². The fourth-order valence-corrected chi connectivity index (χ4v) is 8.02. The number of benzene rings is 10. The maximum atomic E-state index is 2.44. The maximum absolute atomic E-state index is 2.44. The molecule has 10 rings (SSSR count). The molecule has 0 aromatic heterocycles. The lowest BCUT2D eigenvalue weighted by atomic mass is 9.93. The lowest BCUT2D eigenvalue weighted by Crippen LogP contribution is -2.11. The first kappa shape index (κ1) is 32.4. The van der Waals surface area contributed by atoms with Crippen LogP contribution in [0.15, 0.2) is 224 Å². The molecule has 0 unspecified atom stereocenters. The summed E-state index contributed by atoms with van der Waals surface area (Å²) in [7, 11) is 0. The summed E-state index contributed by atoms with van der Waals surface area (Å²) in [6, 6.07) is 81.7. The van der Waals surface area contributed by atoms with Crippen LogP contribution < -0.4 is 4.90 Å². The molecular formula is C54H37N. The highest BCUT2D eigenvalue weighted by Gasteiger charge is 2.20. The molecule has 10 aromatic carbocycles. The van der Waals surface area contributed by atoms with E-state index in [9.17, 15) is 0 Å². The Kier molecular flexibility index (Phi) is 8.24. The second-order valence-electron chi connectivity index (χ2n) is 14.2. The van der Waals surface area contributed by atoms with E-state index in [1.54, 1.807) is 0 Å². The predicted octanol–water partition coefficient (Wildman–Crippen LogP) is 15.3. The van der Waals surface area contributed by atoms with Crippen LogP contribution in [0.25, 0.3) is 76.8 Å². The van der Waals surface area contributed by atoms with Crippen LogP contribution in [0.4, 0.5) is 17.1 Å². The van der Waals surface area contributed by atoms with Gasteiger partial charge in [0.05, 0.1) is 5.69 Å². The third-order valence-electron chi connectivity index (χ3n) is 10.8. The standard InChI is InChI=1S/C54H37N/c1-2-14-42(15-3-1)53-33-30-48(52-23-11-19-41-16-8-9-22-51(41)52)37-54(53)55(49-31-28-40(29-32-49)46-26-24-38-12-4-6-17-43(38)34-46)50-21-10-20-45(36-50)47-27-25-39-13-5-7-18-44(39)35-47/h1-37H. The van der Waals surface area contributed by atoms with E-state index in [1.807, 2.05) is 0 Å². The van der Waals surface area contributed by atoms with Crippen molar-refractivity contribution in [1.82, 2.24) is 0 Å². The fraction of sp³-hybridized carbons (Fsp3) is 0. The number of hydrogen-bond acceptors (Lipinski definition) is 1. The maximum Gasteiger partial charge on any atom is 0.0546 e. The van der Waals surface area contributed by atoms with Gasteiger partial charge in [-0.15, -0.1) is 0 Å². The van der Waals surface area contributed by atoms with E-state index in [2.05, 4.69) is 229 Å². The molecular weight excluding hydrogens is 663 g/mol. The molecule has 0 fully saturated rings. The normalized spacial score (nSPS) is 11.3. The molecule has 0 saturated carbocycles. The van der Waals surface area contributed by atoms with Crippen molar-refractivity contribution in [2.75, 3.05) is 4.90 Å². The predicted molar refractivity (Wildman–Crippen MR) is 235 cm³/mol. The van der Waals surface area contributed by atoms with Gasteiger partial charge in [0.25, 0.3) is 0 Å². The summed E-state index contributed by atoms with van der Waals surface area (Å²) in [6.07, 6.45) is 0. The van der Waals surface area contributed by atoms with Gasteiger partial charge in [-0.1, -0.05) is 182 Å². The van der Waals surface area contributed by atoms with E-state index in [4.69, 9.17) is 0 Å². The van der Waals surface area contributed by atoms with E-state index < -0.39 is 0 Å². The number of anilines is 3. The summed E-state index contributed by atoms with van der Waals surface area (Å²) in [4.78, 5) is 2.44. The highest BCUT2D eigenvalue weighted by Crippen LogP contribution is 2.45. The molecule has 0 aliphatic rings. The first-order valence-corrected chi connectivity index (χ1v) is 18.9. The molecule has 1 nitrogen and oxygen atoms in total. The van der Waals surface area contributed by atoms with Crippen LogP contribution >= 0.6 is 0 Å². The van der Waals surface area contributed by atoms with Crippen molar-refractivity contribution in [3.8, 4) is 44.5 Å². The zero-order chi connectivity index (χ0) is 36.6. The summed E-state index contributed by atoms with van der Waals surface area (Å²) in [5, 5.41) is 7.45. The van der Waals surface area contributed by atoms with Crippen molar-refractivity contribution >= 4 is 49.4 Å². The van der Waals surface area contributed by atoms with Crippen LogP contribution in [0, 0.1) is 0 Å². The van der Waals surface area contributed by atoms with Crippen LogP contribution in [0.1, 0.15) is 0 Å². The zero-order valence-corrected chi connectivity index (χ0v) is 30.3. The molecule has 0 heterocycles. The van der Waals surface area contributed by atoms with E-state index >= 15 is 0 Å². The molecule has 0 saturated heterocycles. The molecule has 10 aromatic rings. The van der Waals surface area contributed by atoms with Crippen LogP contribution in [-0.4, -0.2) is 0 Å². The Morgan fingerprint density at radius 2 is 0.764 bits per heavy atom. The van der Waals surface area contributed by atoms with Gasteiger partial charge >= 0.3 is 0 Å². The minimum Gasteiger partial charge on any atom is -0.310 e. The molecule has 1 heteroatoms. The van der Waals surface area contributed by atoms with Gasteiger partial charge in [-0.25, -0.2) is 0 Å². The molecule has 0 spiro atoms. The van der Waals surface area contributed by atoms with Crippen LogP contribution in [0.5, 0.6) is 0 Å². The molecule has 258 valence electrons. The Morgan fingerprint density at radius 1 is 0.236 bits per heavy atom. The number of nitrogens with zero attached hydrogens (tertiary/aromatic N) is 1. The van der Waals surface area contributed by atoms with Crippen LogP contribution in [-0.2, 0) is 0 Å². The second-order valence-corrected chi connectivity index (χ2v) is 14.2. The summed E-state index contributed by atoms with van der Waals surface area (Å²) >= 11 is 0. The highest BCUT2D eigenvalue weighted by atomic mass is 15.1. The molecule has 0 atom stereocenters. The molecule has 0 radical (unpaired) electrons. The van der Waals surface area contributed by atoms with Gasteiger partial charge in [-0.3, -0.25) is 0 Å². The Balaban J connectivity index is 1.18. The Morgan fingerprint density at radius 3 is 1.49 bits per heavy atom. The van der Waals surface area contributed by atoms with Gasteiger partial charge in [0, 0.05) is 16.9 Å². The highest BCUT2D eigenvalue weighted by molar-refractivity contribution is 6.00. The lowest BCUT2D eigenvalue weighted by molar-refractivity contribution is 1.28. The number of rotatable bonds is 7. The van der Waals surface area contributed by atoms with Crippen molar-refractivity contribution in [3.05, 3.63) is 224 Å². The quantitative estimate of drug-likeness (QED) is 0.160. The minimum atomic E-state index is 1.09. The van der Waals surface area contributed by atoms with Crippen LogP contribution in [0.2, 0.25) is 0 Å². The van der Waals surface area contributed by atoms with Crippen molar-refractivity contribution in [2.24, 2.45) is 0 Å². The smallest absolute Gasteiger partial charge is 0.0546 e. The third-order valence-corrected chi connectivity index (χ3v) is 10.8. The Labute approximate surface area is 322 Å².